The van der Waals surface area contributed by atoms with Crippen LogP contribution in [-0.4, -0.2) is 27.5 Å². The number of carbonyl (C=O) groups is 1. The molecule has 134 valence electrons. The monoisotopic (exact) mass is 370 g/mol. The molecule has 9 heteroatoms. The molecule has 0 saturated heterocycles. The van der Waals surface area contributed by atoms with Crippen molar-refractivity contribution in [3.8, 4) is 5.75 Å². The lowest BCUT2D eigenvalue weighted by atomic mass is 10.3. The zero-order valence-corrected chi connectivity index (χ0v) is 14.1. The van der Waals surface area contributed by atoms with Crippen LogP contribution in [0.3, 0.4) is 0 Å². The van der Waals surface area contributed by atoms with Gasteiger partial charge in [0.05, 0.1) is 18.0 Å². The first-order chi connectivity index (χ1) is 11.8. The molecule has 6 nitrogen and oxygen atoms in total. The number of sulfonamides is 1. The Morgan fingerprint density at radius 2 is 1.76 bits per heavy atom. The van der Waals surface area contributed by atoms with Crippen LogP contribution in [0, 0.1) is 11.6 Å². The van der Waals surface area contributed by atoms with Crippen LogP contribution in [0.4, 0.5) is 14.5 Å². The quantitative estimate of drug-likeness (QED) is 0.783. The van der Waals surface area contributed by atoms with Gasteiger partial charge in [-0.3, -0.25) is 4.79 Å². The van der Waals surface area contributed by atoms with Gasteiger partial charge in [0, 0.05) is 11.8 Å². The predicted octanol–water partition coefficient (Wildman–Crippen LogP) is 2.28. The minimum Gasteiger partial charge on any atom is -0.494 e. The molecule has 0 radical (unpaired) electrons. The van der Waals surface area contributed by atoms with Gasteiger partial charge in [0.1, 0.15) is 5.75 Å². The number of nitrogens with one attached hydrogen (secondary N) is 2. The van der Waals surface area contributed by atoms with E-state index in [2.05, 4.69) is 10.0 Å². The molecule has 1 amide bonds. The molecule has 25 heavy (non-hydrogen) atoms. The Bertz CT molecular complexity index is 855. The highest BCUT2D eigenvalue weighted by Gasteiger charge is 2.16. The Labute approximate surface area is 143 Å². The number of benzene rings is 2. The SMILES string of the molecule is CCOc1ccc(S(=O)(=O)NCC(=O)Nc2ccc(F)c(F)c2)cc1. The van der Waals surface area contributed by atoms with Crippen molar-refractivity contribution in [3.63, 3.8) is 0 Å². The van der Waals surface area contributed by atoms with Crippen LogP contribution < -0.4 is 14.8 Å². The molecule has 0 aromatic heterocycles. The lowest BCUT2D eigenvalue weighted by Crippen LogP contribution is -2.32. The van der Waals surface area contributed by atoms with Gasteiger partial charge in [-0.25, -0.2) is 21.9 Å². The van der Waals surface area contributed by atoms with Crippen molar-refractivity contribution >= 4 is 21.6 Å². The first-order valence-electron chi connectivity index (χ1n) is 7.29. The highest BCUT2D eigenvalue weighted by atomic mass is 32.2. The van der Waals surface area contributed by atoms with Gasteiger partial charge in [0.2, 0.25) is 15.9 Å². The normalized spacial score (nSPS) is 11.2. The summed E-state index contributed by atoms with van der Waals surface area (Å²) < 4.78 is 57.5. The van der Waals surface area contributed by atoms with E-state index in [1.54, 1.807) is 6.92 Å². The molecule has 0 bridgehead atoms. The van der Waals surface area contributed by atoms with Crippen LogP contribution in [-0.2, 0) is 14.8 Å². The van der Waals surface area contributed by atoms with Gasteiger partial charge in [-0.1, -0.05) is 0 Å². The van der Waals surface area contributed by atoms with Crippen molar-refractivity contribution in [1.29, 1.82) is 0 Å². The van der Waals surface area contributed by atoms with E-state index < -0.39 is 34.1 Å². The van der Waals surface area contributed by atoms with E-state index >= 15 is 0 Å². The Morgan fingerprint density at radius 1 is 1.08 bits per heavy atom. The van der Waals surface area contributed by atoms with E-state index in [1.165, 1.54) is 24.3 Å². The maximum Gasteiger partial charge on any atom is 0.241 e. The average Bonchev–Trinajstić information content (AvgIpc) is 2.57. The number of anilines is 1. The zero-order chi connectivity index (χ0) is 18.4. The molecule has 0 unspecified atom stereocenters. The molecule has 2 aromatic rings. The number of carbonyl (C=O) groups excluding carboxylic acids is 1. The molecule has 2 N–H and O–H groups in total. The Kier molecular flexibility index (Phi) is 6.05. The van der Waals surface area contributed by atoms with E-state index in [9.17, 15) is 22.0 Å². The van der Waals surface area contributed by atoms with Crippen LogP contribution in [0.25, 0.3) is 0 Å². The van der Waals surface area contributed by atoms with Crippen molar-refractivity contribution in [3.05, 3.63) is 54.1 Å². The molecule has 2 aromatic carbocycles. The molecule has 0 saturated carbocycles. The molecule has 0 aliphatic carbocycles. The average molecular weight is 370 g/mol. The molecular weight excluding hydrogens is 354 g/mol. The predicted molar refractivity (Wildman–Crippen MR) is 87.8 cm³/mol. The minimum atomic E-state index is -3.89. The van der Waals surface area contributed by atoms with Crippen LogP contribution in [0.1, 0.15) is 6.92 Å². The molecular formula is C16H16F2N2O4S. The summed E-state index contributed by atoms with van der Waals surface area (Å²) in [5, 5.41) is 2.27. The van der Waals surface area contributed by atoms with Gasteiger partial charge in [-0.15, -0.1) is 0 Å². The van der Waals surface area contributed by atoms with E-state index in [4.69, 9.17) is 4.74 Å². The van der Waals surface area contributed by atoms with Gasteiger partial charge in [0.15, 0.2) is 11.6 Å². The summed E-state index contributed by atoms with van der Waals surface area (Å²) in [5.74, 6) is -2.36. The zero-order valence-electron chi connectivity index (χ0n) is 13.3. The smallest absolute Gasteiger partial charge is 0.241 e. The van der Waals surface area contributed by atoms with Crippen molar-refractivity contribution in [2.75, 3.05) is 18.5 Å². The summed E-state index contributed by atoms with van der Waals surface area (Å²) in [7, 11) is -3.89. The molecule has 0 heterocycles. The summed E-state index contributed by atoms with van der Waals surface area (Å²) in [6.45, 7) is 1.70. The Morgan fingerprint density at radius 3 is 2.36 bits per heavy atom. The van der Waals surface area contributed by atoms with Gasteiger partial charge in [-0.2, -0.15) is 0 Å². The van der Waals surface area contributed by atoms with Crippen molar-refractivity contribution in [1.82, 2.24) is 4.72 Å². The largest absolute Gasteiger partial charge is 0.494 e. The lowest BCUT2D eigenvalue weighted by molar-refractivity contribution is -0.115. The van der Waals surface area contributed by atoms with Crippen LogP contribution in [0.2, 0.25) is 0 Å². The standard InChI is InChI=1S/C16H16F2N2O4S/c1-2-24-12-4-6-13(7-5-12)25(22,23)19-10-16(21)20-11-3-8-14(17)15(18)9-11/h3-9,19H,2,10H2,1H3,(H,20,21). The highest BCUT2D eigenvalue weighted by molar-refractivity contribution is 7.89. The fourth-order valence-electron chi connectivity index (χ4n) is 1.90. The van der Waals surface area contributed by atoms with Gasteiger partial charge in [-0.05, 0) is 43.3 Å². The first-order valence-corrected chi connectivity index (χ1v) is 8.77. The third-order valence-electron chi connectivity index (χ3n) is 3.07. The van der Waals surface area contributed by atoms with E-state index in [0.29, 0.717) is 12.4 Å². The fourth-order valence-corrected chi connectivity index (χ4v) is 2.89. The Hall–Kier alpha value is -2.52. The molecule has 0 atom stereocenters. The van der Waals surface area contributed by atoms with Crippen LogP contribution in [0.15, 0.2) is 47.4 Å². The van der Waals surface area contributed by atoms with Gasteiger partial charge >= 0.3 is 0 Å². The molecule has 0 spiro atoms. The maximum atomic E-state index is 13.1. The summed E-state index contributed by atoms with van der Waals surface area (Å²) in [6, 6.07) is 8.51. The molecule has 2 rings (SSSR count). The maximum absolute atomic E-state index is 13.1. The second-order valence-electron chi connectivity index (χ2n) is 4.91. The topological polar surface area (TPSA) is 84.5 Å². The fraction of sp³-hybridized carbons (Fsp3) is 0.188. The number of amides is 1. The number of hydrogen-bond donors (Lipinski definition) is 2. The van der Waals surface area contributed by atoms with E-state index in [-0.39, 0.29) is 10.6 Å². The van der Waals surface area contributed by atoms with Crippen molar-refractivity contribution < 1.29 is 26.7 Å². The third-order valence-corrected chi connectivity index (χ3v) is 4.49. The summed E-state index contributed by atoms with van der Waals surface area (Å²) >= 11 is 0. The molecule has 0 fully saturated rings. The van der Waals surface area contributed by atoms with Gasteiger partial charge < -0.3 is 10.1 Å². The summed E-state index contributed by atoms with van der Waals surface area (Å²) in [4.78, 5) is 11.7. The Balaban J connectivity index is 1.96. The second kappa shape index (κ2) is 8.04. The van der Waals surface area contributed by atoms with Crippen molar-refractivity contribution in [2.45, 2.75) is 11.8 Å². The minimum absolute atomic E-state index is 0.0177. The second-order valence-corrected chi connectivity index (χ2v) is 6.67. The summed E-state index contributed by atoms with van der Waals surface area (Å²) in [6.07, 6.45) is 0. The number of halogens is 2. The molecule has 0 aliphatic heterocycles. The number of ether oxygens (including phenoxy) is 1. The highest BCUT2D eigenvalue weighted by Crippen LogP contribution is 2.16. The first kappa shape index (κ1) is 18.8. The van der Waals surface area contributed by atoms with Crippen molar-refractivity contribution in [2.24, 2.45) is 0 Å². The van der Waals surface area contributed by atoms with E-state index in [0.717, 1.165) is 18.2 Å². The van der Waals surface area contributed by atoms with E-state index in [1.807, 2.05) is 0 Å². The van der Waals surface area contributed by atoms with Crippen LogP contribution >= 0.6 is 0 Å². The van der Waals surface area contributed by atoms with Crippen LogP contribution in [0.5, 0.6) is 5.75 Å². The third kappa shape index (κ3) is 5.23. The number of hydrogen-bond acceptors (Lipinski definition) is 4. The molecule has 0 aliphatic rings. The van der Waals surface area contributed by atoms with Gasteiger partial charge in [0.25, 0.3) is 0 Å². The lowest BCUT2D eigenvalue weighted by Gasteiger charge is -2.09. The summed E-state index contributed by atoms with van der Waals surface area (Å²) in [5.41, 5.74) is 0.0177. The number of rotatable bonds is 7.